The fourth-order valence-corrected chi connectivity index (χ4v) is 3.44. The van der Waals surface area contributed by atoms with Crippen LogP contribution in [0.3, 0.4) is 0 Å². The number of nitrogens with two attached hydrogens (primary N) is 1. The van der Waals surface area contributed by atoms with Crippen LogP contribution in [0, 0.1) is 5.92 Å². The summed E-state index contributed by atoms with van der Waals surface area (Å²) < 4.78 is 0. The molecule has 0 aliphatic carbocycles. The summed E-state index contributed by atoms with van der Waals surface area (Å²) in [6, 6.07) is 0.969. The van der Waals surface area contributed by atoms with Gasteiger partial charge in [-0.3, -0.25) is 9.69 Å². The Hall–Kier alpha value is -0.610. The highest BCUT2D eigenvalue weighted by Crippen LogP contribution is 2.27. The lowest BCUT2D eigenvalue weighted by Crippen LogP contribution is -2.57. The van der Waals surface area contributed by atoms with Gasteiger partial charge in [-0.05, 0) is 59.0 Å². The maximum atomic E-state index is 11.7. The van der Waals surface area contributed by atoms with Crippen LogP contribution in [0.1, 0.15) is 53.9 Å². The molecule has 1 saturated heterocycles. The molecule has 0 saturated carbocycles. The van der Waals surface area contributed by atoms with Gasteiger partial charge in [-0.2, -0.15) is 0 Å². The number of hydrogen-bond donors (Lipinski definition) is 2. The van der Waals surface area contributed by atoms with Crippen molar-refractivity contribution < 1.29 is 4.79 Å². The molecule has 0 radical (unpaired) electrons. The van der Waals surface area contributed by atoms with Gasteiger partial charge in [0.1, 0.15) is 0 Å². The van der Waals surface area contributed by atoms with E-state index in [1.807, 2.05) is 13.8 Å². The molecular weight excluding hydrogens is 238 g/mol. The number of carbonyl (C=O) groups excluding carboxylic acids is 1. The van der Waals surface area contributed by atoms with Crippen molar-refractivity contribution in [1.82, 2.24) is 10.2 Å². The van der Waals surface area contributed by atoms with Crippen molar-refractivity contribution in [3.8, 4) is 0 Å². The van der Waals surface area contributed by atoms with E-state index in [0.717, 1.165) is 25.4 Å². The molecular formula is C15H31N3O. The van der Waals surface area contributed by atoms with E-state index in [1.54, 1.807) is 0 Å². The third-order valence-electron chi connectivity index (χ3n) is 4.57. The second-order valence-electron chi connectivity index (χ2n) is 6.50. The summed E-state index contributed by atoms with van der Waals surface area (Å²) in [7, 11) is 0. The minimum Gasteiger partial charge on any atom is -0.368 e. The third-order valence-corrected chi connectivity index (χ3v) is 4.57. The molecule has 0 aromatic rings. The maximum Gasteiger partial charge on any atom is 0.237 e. The summed E-state index contributed by atoms with van der Waals surface area (Å²) in [5.41, 5.74) is 4.97. The van der Waals surface area contributed by atoms with E-state index in [9.17, 15) is 4.79 Å². The van der Waals surface area contributed by atoms with Gasteiger partial charge in [0.05, 0.1) is 5.54 Å². The standard InChI is InChI=1S/C15H31N3O/c1-6-17-15(5,14(16)19)10-13(4)18-8-7-11(2)9-12(18)3/h11-13,17H,6-10H2,1-5H3,(H2,16,19). The van der Waals surface area contributed by atoms with Crippen LogP contribution in [0.25, 0.3) is 0 Å². The lowest BCUT2D eigenvalue weighted by atomic mass is 9.87. The zero-order chi connectivity index (χ0) is 14.6. The molecule has 4 unspecified atom stereocenters. The average molecular weight is 269 g/mol. The smallest absolute Gasteiger partial charge is 0.237 e. The summed E-state index contributed by atoms with van der Waals surface area (Å²) in [6.07, 6.45) is 3.27. The number of nitrogens with zero attached hydrogens (tertiary/aromatic N) is 1. The van der Waals surface area contributed by atoms with Crippen molar-refractivity contribution in [3.63, 3.8) is 0 Å². The number of likely N-dealkylation sites (N-methyl/N-ethyl adjacent to an activating group) is 1. The first kappa shape index (κ1) is 16.4. The fraction of sp³-hybridized carbons (Fsp3) is 0.933. The van der Waals surface area contributed by atoms with Gasteiger partial charge < -0.3 is 11.1 Å². The van der Waals surface area contributed by atoms with Gasteiger partial charge in [0.15, 0.2) is 0 Å². The van der Waals surface area contributed by atoms with E-state index < -0.39 is 5.54 Å². The third kappa shape index (κ3) is 4.18. The van der Waals surface area contributed by atoms with Crippen molar-refractivity contribution >= 4 is 5.91 Å². The van der Waals surface area contributed by atoms with Crippen molar-refractivity contribution in [2.75, 3.05) is 13.1 Å². The van der Waals surface area contributed by atoms with Crippen molar-refractivity contribution in [2.24, 2.45) is 11.7 Å². The van der Waals surface area contributed by atoms with Crippen LogP contribution >= 0.6 is 0 Å². The van der Waals surface area contributed by atoms with Crippen LogP contribution in [0.4, 0.5) is 0 Å². The van der Waals surface area contributed by atoms with Gasteiger partial charge >= 0.3 is 0 Å². The molecule has 0 aromatic carbocycles. The summed E-state index contributed by atoms with van der Waals surface area (Å²) in [4.78, 5) is 14.2. The van der Waals surface area contributed by atoms with E-state index in [2.05, 4.69) is 31.0 Å². The number of likely N-dealkylation sites (tertiary alicyclic amines) is 1. The SMILES string of the molecule is CCNC(C)(CC(C)N1CCC(C)CC1C)C(N)=O. The topological polar surface area (TPSA) is 58.4 Å². The Balaban J connectivity index is 2.66. The molecule has 0 bridgehead atoms. The van der Waals surface area contributed by atoms with E-state index in [0.29, 0.717) is 12.1 Å². The number of primary amides is 1. The van der Waals surface area contributed by atoms with Crippen LogP contribution in [0.5, 0.6) is 0 Å². The molecule has 1 rings (SSSR count). The monoisotopic (exact) mass is 269 g/mol. The quantitative estimate of drug-likeness (QED) is 0.772. The molecule has 1 amide bonds. The zero-order valence-electron chi connectivity index (χ0n) is 13.2. The number of carbonyl (C=O) groups is 1. The minimum atomic E-state index is -0.600. The highest BCUT2D eigenvalue weighted by atomic mass is 16.1. The fourth-order valence-electron chi connectivity index (χ4n) is 3.44. The molecule has 4 heteroatoms. The number of rotatable bonds is 6. The molecule has 4 atom stereocenters. The lowest BCUT2D eigenvalue weighted by molar-refractivity contribution is -0.124. The Bertz CT molecular complexity index is 308. The molecule has 1 fully saturated rings. The molecule has 1 aliphatic rings. The summed E-state index contributed by atoms with van der Waals surface area (Å²) in [5.74, 6) is 0.564. The van der Waals surface area contributed by atoms with Gasteiger partial charge in [-0.15, -0.1) is 0 Å². The van der Waals surface area contributed by atoms with Gasteiger partial charge in [0.2, 0.25) is 5.91 Å². The molecule has 0 aromatic heterocycles. The van der Waals surface area contributed by atoms with Gasteiger partial charge in [-0.1, -0.05) is 13.8 Å². The molecule has 1 heterocycles. The number of amides is 1. The van der Waals surface area contributed by atoms with Crippen molar-refractivity contribution in [1.29, 1.82) is 0 Å². The van der Waals surface area contributed by atoms with Crippen LogP contribution in [0.2, 0.25) is 0 Å². The van der Waals surface area contributed by atoms with Gasteiger partial charge in [-0.25, -0.2) is 0 Å². The summed E-state index contributed by atoms with van der Waals surface area (Å²) in [6.45, 7) is 12.7. The Morgan fingerprint density at radius 3 is 2.63 bits per heavy atom. The average Bonchev–Trinajstić information content (AvgIpc) is 2.28. The van der Waals surface area contributed by atoms with Crippen molar-refractivity contribution in [3.05, 3.63) is 0 Å². The van der Waals surface area contributed by atoms with Crippen LogP contribution in [-0.4, -0.2) is 41.5 Å². The largest absolute Gasteiger partial charge is 0.368 e. The normalized spacial score (nSPS) is 29.7. The predicted molar refractivity (Wildman–Crippen MR) is 79.9 cm³/mol. The maximum absolute atomic E-state index is 11.7. The highest BCUT2D eigenvalue weighted by Gasteiger charge is 2.35. The number of hydrogen-bond acceptors (Lipinski definition) is 3. The summed E-state index contributed by atoms with van der Waals surface area (Å²) >= 11 is 0. The zero-order valence-corrected chi connectivity index (χ0v) is 13.2. The Morgan fingerprint density at radius 1 is 1.53 bits per heavy atom. The number of nitrogens with one attached hydrogen (secondary N) is 1. The Morgan fingerprint density at radius 2 is 2.16 bits per heavy atom. The van der Waals surface area contributed by atoms with Gasteiger partial charge in [0, 0.05) is 12.1 Å². The molecule has 4 nitrogen and oxygen atoms in total. The van der Waals surface area contributed by atoms with E-state index in [4.69, 9.17) is 5.73 Å². The first-order valence-corrected chi connectivity index (χ1v) is 7.60. The molecule has 3 N–H and O–H groups in total. The van der Waals surface area contributed by atoms with Crippen LogP contribution < -0.4 is 11.1 Å². The predicted octanol–water partition coefficient (Wildman–Crippen LogP) is 1.74. The lowest BCUT2D eigenvalue weighted by Gasteiger charge is -2.43. The Kier molecular flexibility index (Phi) is 5.81. The molecule has 19 heavy (non-hydrogen) atoms. The summed E-state index contributed by atoms with van der Waals surface area (Å²) in [5, 5.41) is 3.25. The van der Waals surface area contributed by atoms with Crippen LogP contribution in [0.15, 0.2) is 0 Å². The van der Waals surface area contributed by atoms with E-state index in [1.165, 1.54) is 12.8 Å². The molecule has 0 spiro atoms. The molecule has 1 aliphatic heterocycles. The first-order chi connectivity index (χ1) is 8.80. The van der Waals surface area contributed by atoms with E-state index in [-0.39, 0.29) is 5.91 Å². The number of piperidine rings is 1. The Labute approximate surface area is 118 Å². The first-order valence-electron chi connectivity index (χ1n) is 7.60. The van der Waals surface area contributed by atoms with E-state index >= 15 is 0 Å². The second-order valence-corrected chi connectivity index (χ2v) is 6.50. The van der Waals surface area contributed by atoms with Gasteiger partial charge in [0.25, 0.3) is 0 Å². The molecule has 112 valence electrons. The highest BCUT2D eigenvalue weighted by molar-refractivity contribution is 5.84. The van der Waals surface area contributed by atoms with Crippen LogP contribution in [-0.2, 0) is 4.79 Å². The minimum absolute atomic E-state index is 0.251. The second kappa shape index (κ2) is 6.71. The van der Waals surface area contributed by atoms with Crippen molar-refractivity contribution in [2.45, 2.75) is 71.5 Å².